The minimum Gasteiger partial charge on any atom is -0.481 e. The Labute approximate surface area is 225 Å². The topological polar surface area (TPSA) is 209 Å². The largest absolute Gasteiger partial charge is 0.481 e. The van der Waals surface area contributed by atoms with E-state index in [4.69, 9.17) is 9.84 Å². The Hall–Kier alpha value is -3.91. The first-order valence-electron chi connectivity index (χ1n) is 12.1. The minimum atomic E-state index is -1.35. The van der Waals surface area contributed by atoms with Crippen molar-refractivity contribution < 1.29 is 48.5 Å². The fraction of sp³-hybridized carbons (Fsp3) is 0.560. The smallest absolute Gasteiger partial charge is 0.328 e. The van der Waals surface area contributed by atoms with Crippen LogP contribution in [-0.4, -0.2) is 95.5 Å². The number of ether oxygens (including phenoxy) is 1. The van der Waals surface area contributed by atoms with Gasteiger partial charge in [0, 0.05) is 55.8 Å². The van der Waals surface area contributed by atoms with Gasteiger partial charge in [0.05, 0.1) is 19.6 Å². The molecule has 0 spiro atoms. The van der Waals surface area contributed by atoms with Gasteiger partial charge < -0.3 is 25.6 Å². The molecule has 0 aliphatic carbocycles. The molecule has 0 saturated carbocycles. The summed E-state index contributed by atoms with van der Waals surface area (Å²) in [4.78, 5) is 78.4. The lowest BCUT2D eigenvalue weighted by molar-refractivity contribution is -0.153. The monoisotopic (exact) mass is 552 g/mol. The van der Waals surface area contributed by atoms with Crippen molar-refractivity contribution in [3.63, 3.8) is 0 Å². The molecular weight excluding hydrogens is 516 g/mol. The van der Waals surface area contributed by atoms with Crippen molar-refractivity contribution >= 4 is 41.5 Å². The second-order valence-electron chi connectivity index (χ2n) is 10.5. The number of carboxylic acids is 2. The lowest BCUT2D eigenvalue weighted by atomic mass is 9.90. The molecule has 0 fully saturated rings. The molecule has 2 heterocycles. The van der Waals surface area contributed by atoms with Crippen LogP contribution in [0.4, 0.5) is 0 Å². The lowest BCUT2D eigenvalue weighted by Gasteiger charge is -2.28. The molecule has 1 atom stereocenters. The molecule has 0 bridgehead atoms. The van der Waals surface area contributed by atoms with Gasteiger partial charge in [0.15, 0.2) is 0 Å². The Bertz CT molecular complexity index is 998. The number of amides is 5. The highest BCUT2D eigenvalue weighted by molar-refractivity contribution is 6.14. The Morgan fingerprint density at radius 3 is 1.92 bits per heavy atom. The van der Waals surface area contributed by atoms with E-state index in [1.807, 2.05) is 33.0 Å². The molecule has 0 aromatic rings. The van der Waals surface area contributed by atoms with Gasteiger partial charge in [-0.3, -0.25) is 39.0 Å². The third-order valence-corrected chi connectivity index (χ3v) is 5.32. The third-order valence-electron chi connectivity index (χ3n) is 5.32. The zero-order valence-electron chi connectivity index (χ0n) is 22.4. The number of nitrogens with zero attached hydrogens (tertiary/aromatic N) is 1. The highest BCUT2D eigenvalue weighted by atomic mass is 16.5. The molecule has 0 radical (unpaired) electrons. The number of carbonyl (C=O) groups excluding carboxylic acids is 5. The molecule has 216 valence electrons. The Morgan fingerprint density at radius 1 is 0.923 bits per heavy atom. The quantitative estimate of drug-likeness (QED) is 0.125. The van der Waals surface area contributed by atoms with E-state index in [9.17, 15) is 38.7 Å². The third kappa shape index (κ3) is 12.9. The van der Waals surface area contributed by atoms with Crippen molar-refractivity contribution in [2.75, 3.05) is 32.8 Å². The predicted octanol–water partition coefficient (Wildman–Crippen LogP) is -0.797. The van der Waals surface area contributed by atoms with Crippen molar-refractivity contribution in [1.29, 1.82) is 0 Å². The average Bonchev–Trinajstić information content (AvgIpc) is 3.34. The van der Waals surface area contributed by atoms with Crippen LogP contribution in [-0.2, 0) is 38.3 Å². The van der Waals surface area contributed by atoms with E-state index >= 15 is 0 Å². The van der Waals surface area contributed by atoms with E-state index in [1.54, 1.807) is 0 Å². The van der Waals surface area contributed by atoms with E-state index in [1.165, 1.54) is 12.2 Å². The van der Waals surface area contributed by atoms with E-state index < -0.39 is 35.2 Å². The molecule has 2 rings (SSSR count). The van der Waals surface area contributed by atoms with Crippen LogP contribution < -0.4 is 16.0 Å². The first kappa shape index (κ1) is 33.1. The van der Waals surface area contributed by atoms with Crippen LogP contribution in [0.3, 0.4) is 0 Å². The zero-order valence-corrected chi connectivity index (χ0v) is 22.4. The predicted molar refractivity (Wildman–Crippen MR) is 136 cm³/mol. The van der Waals surface area contributed by atoms with Crippen LogP contribution in [0.2, 0.25) is 0 Å². The summed E-state index contributed by atoms with van der Waals surface area (Å²) >= 11 is 0. The van der Waals surface area contributed by atoms with Crippen LogP contribution in [0.25, 0.3) is 0 Å². The average molecular weight is 553 g/mol. The number of aliphatic carboxylic acids is 2. The zero-order chi connectivity index (χ0) is 29.8. The van der Waals surface area contributed by atoms with Crippen molar-refractivity contribution in [2.45, 2.75) is 46.6 Å². The molecule has 14 nitrogen and oxygen atoms in total. The van der Waals surface area contributed by atoms with E-state index in [0.717, 1.165) is 12.2 Å². The van der Waals surface area contributed by atoms with Crippen LogP contribution >= 0.6 is 0 Å². The van der Waals surface area contributed by atoms with Crippen molar-refractivity contribution in [3.05, 3.63) is 24.3 Å². The van der Waals surface area contributed by atoms with Crippen molar-refractivity contribution in [1.82, 2.24) is 20.9 Å². The Kier molecular flexibility index (Phi) is 12.6. The molecule has 0 aromatic heterocycles. The molecule has 0 aromatic carbocycles. The summed E-state index contributed by atoms with van der Waals surface area (Å²) in [6.45, 7) is 8.38. The number of hydrogen-bond donors (Lipinski definition) is 5. The van der Waals surface area contributed by atoms with Crippen LogP contribution in [0.15, 0.2) is 24.3 Å². The fourth-order valence-corrected chi connectivity index (χ4v) is 3.35. The number of rotatable bonds is 15. The molecule has 39 heavy (non-hydrogen) atoms. The van der Waals surface area contributed by atoms with Crippen LogP contribution in [0.1, 0.15) is 40.5 Å². The summed E-state index contributed by atoms with van der Waals surface area (Å²) in [7, 11) is 0. The molecule has 5 N–H and O–H groups in total. The summed E-state index contributed by atoms with van der Waals surface area (Å²) in [5, 5.41) is 25.8. The van der Waals surface area contributed by atoms with Gasteiger partial charge in [-0.1, -0.05) is 27.7 Å². The van der Waals surface area contributed by atoms with E-state index in [2.05, 4.69) is 10.6 Å². The highest BCUT2D eigenvalue weighted by Crippen LogP contribution is 2.22. The molecular formula is C25H36N4O10. The normalized spacial score (nSPS) is 15.6. The number of imide groups is 2. The van der Waals surface area contributed by atoms with Gasteiger partial charge in [-0.25, -0.2) is 4.79 Å². The van der Waals surface area contributed by atoms with E-state index in [-0.39, 0.29) is 55.7 Å². The van der Waals surface area contributed by atoms with Gasteiger partial charge in [-0.15, -0.1) is 0 Å². The van der Waals surface area contributed by atoms with Gasteiger partial charge in [0.1, 0.15) is 6.04 Å². The first-order chi connectivity index (χ1) is 18.0. The minimum absolute atomic E-state index is 0.00348. The number of hydrogen-bond acceptors (Lipinski definition) is 9. The number of nitrogens with one attached hydrogen (secondary N) is 3. The van der Waals surface area contributed by atoms with Gasteiger partial charge in [-0.2, -0.15) is 0 Å². The summed E-state index contributed by atoms with van der Waals surface area (Å²) in [6.07, 6.45) is 4.50. The fourth-order valence-electron chi connectivity index (χ4n) is 3.35. The van der Waals surface area contributed by atoms with Crippen LogP contribution in [0, 0.1) is 10.8 Å². The van der Waals surface area contributed by atoms with Gasteiger partial charge in [0.25, 0.3) is 23.6 Å². The van der Waals surface area contributed by atoms with Gasteiger partial charge in [-0.05, 0) is 5.41 Å². The maximum absolute atomic E-state index is 12.1. The molecule has 0 saturated heterocycles. The molecule has 2 aliphatic heterocycles. The Balaban J connectivity index is 0.000000934. The summed E-state index contributed by atoms with van der Waals surface area (Å²) in [5.41, 5.74) is -0.870. The standard InChI is InChI=1S/C21H33N3O8.C4H3NO2/c1-20(2,9-18(28)29)12-32-13-21(3,4)11-23-15(25)7-8-22-10-14(19(30)31)24-16(26)5-6-17(24)27;6-3-1-2-4(7)5-3/h5-6,14,22H,7-13H2,1-4H3,(H,23,25)(H,28,29)(H,30,31);1-2H,(H,5,6,7). The number of carbonyl (C=O) groups is 7. The van der Waals surface area contributed by atoms with Gasteiger partial charge >= 0.3 is 11.9 Å². The van der Waals surface area contributed by atoms with Gasteiger partial charge in [0.2, 0.25) is 5.91 Å². The molecule has 14 heteroatoms. The second kappa shape index (κ2) is 14.9. The first-order valence-corrected chi connectivity index (χ1v) is 12.1. The Morgan fingerprint density at radius 2 is 1.46 bits per heavy atom. The van der Waals surface area contributed by atoms with E-state index in [0.29, 0.717) is 18.1 Å². The number of carboxylic acid groups (broad SMARTS) is 2. The summed E-state index contributed by atoms with van der Waals surface area (Å²) < 4.78 is 5.66. The highest BCUT2D eigenvalue weighted by Gasteiger charge is 2.35. The maximum Gasteiger partial charge on any atom is 0.328 e. The lowest BCUT2D eigenvalue weighted by Crippen LogP contribution is -2.50. The molecule has 1 unspecified atom stereocenters. The van der Waals surface area contributed by atoms with Crippen LogP contribution in [0.5, 0.6) is 0 Å². The second-order valence-corrected chi connectivity index (χ2v) is 10.5. The maximum atomic E-state index is 12.1. The molecule has 2 aliphatic rings. The van der Waals surface area contributed by atoms with Crippen molar-refractivity contribution in [2.24, 2.45) is 10.8 Å². The SMILES string of the molecule is CC(C)(CNC(=O)CCNCC(C(=O)O)N1C(=O)C=CC1=O)COCC(C)(C)CC(=O)O.O=C1C=CC(=O)N1. The van der Waals surface area contributed by atoms with Crippen molar-refractivity contribution in [3.8, 4) is 0 Å². The summed E-state index contributed by atoms with van der Waals surface area (Å²) in [6, 6.07) is -1.35. The summed E-state index contributed by atoms with van der Waals surface area (Å²) in [5.74, 6) is -4.48. The molecule has 5 amide bonds.